The summed E-state index contributed by atoms with van der Waals surface area (Å²) in [6.45, 7) is 3.28. The SMILES string of the molecule is CCCNC(c1cc(Cl)cc(Br)c1)C1CCC1. The van der Waals surface area contributed by atoms with E-state index in [4.69, 9.17) is 11.6 Å². The van der Waals surface area contributed by atoms with Crippen LogP contribution in [0.2, 0.25) is 5.02 Å². The van der Waals surface area contributed by atoms with Crippen molar-refractivity contribution in [3.63, 3.8) is 0 Å². The highest BCUT2D eigenvalue weighted by atomic mass is 79.9. The van der Waals surface area contributed by atoms with Crippen molar-refractivity contribution < 1.29 is 0 Å². The van der Waals surface area contributed by atoms with Crippen LogP contribution < -0.4 is 5.32 Å². The molecule has 1 aromatic rings. The number of nitrogens with one attached hydrogen (secondary N) is 1. The molecular weight excluding hydrogens is 298 g/mol. The van der Waals surface area contributed by atoms with Crippen LogP contribution in [-0.4, -0.2) is 6.54 Å². The van der Waals surface area contributed by atoms with Crippen molar-refractivity contribution >= 4 is 27.5 Å². The molecule has 0 amide bonds. The van der Waals surface area contributed by atoms with Gasteiger partial charge in [-0.1, -0.05) is 40.9 Å². The smallest absolute Gasteiger partial charge is 0.0420 e. The third kappa shape index (κ3) is 3.46. The molecule has 1 nitrogen and oxygen atoms in total. The van der Waals surface area contributed by atoms with Crippen LogP contribution in [0.3, 0.4) is 0 Å². The van der Waals surface area contributed by atoms with E-state index in [-0.39, 0.29) is 0 Å². The van der Waals surface area contributed by atoms with Gasteiger partial charge in [-0.3, -0.25) is 0 Å². The molecule has 0 saturated heterocycles. The molecule has 0 spiro atoms. The summed E-state index contributed by atoms with van der Waals surface area (Å²) >= 11 is 9.66. The molecule has 0 aliphatic heterocycles. The summed E-state index contributed by atoms with van der Waals surface area (Å²) in [5.41, 5.74) is 1.32. The van der Waals surface area contributed by atoms with Gasteiger partial charge in [-0.05, 0) is 55.5 Å². The van der Waals surface area contributed by atoms with Crippen molar-refractivity contribution in [1.29, 1.82) is 0 Å². The summed E-state index contributed by atoms with van der Waals surface area (Å²) in [7, 11) is 0. The molecule has 0 heterocycles. The van der Waals surface area contributed by atoms with Crippen molar-refractivity contribution in [2.24, 2.45) is 5.92 Å². The van der Waals surface area contributed by atoms with Crippen molar-refractivity contribution in [2.75, 3.05) is 6.54 Å². The number of halogens is 2. The Hall–Kier alpha value is -0.0500. The van der Waals surface area contributed by atoms with Gasteiger partial charge in [0.25, 0.3) is 0 Å². The molecule has 0 aromatic heterocycles. The second-order valence-corrected chi connectivity index (χ2v) is 6.18. The lowest BCUT2D eigenvalue weighted by molar-refractivity contribution is 0.231. The molecule has 1 aliphatic rings. The minimum absolute atomic E-state index is 0.471. The Labute approximate surface area is 117 Å². The normalized spacial score (nSPS) is 17.8. The zero-order valence-electron chi connectivity index (χ0n) is 10.2. The van der Waals surface area contributed by atoms with Gasteiger partial charge in [0.1, 0.15) is 0 Å². The minimum atomic E-state index is 0.471. The monoisotopic (exact) mass is 315 g/mol. The Morgan fingerprint density at radius 3 is 2.71 bits per heavy atom. The van der Waals surface area contributed by atoms with Gasteiger partial charge in [-0.15, -0.1) is 0 Å². The minimum Gasteiger partial charge on any atom is -0.310 e. The van der Waals surface area contributed by atoms with Crippen LogP contribution in [-0.2, 0) is 0 Å². The zero-order chi connectivity index (χ0) is 12.3. The van der Waals surface area contributed by atoms with Gasteiger partial charge in [-0.25, -0.2) is 0 Å². The Morgan fingerprint density at radius 2 is 2.18 bits per heavy atom. The molecular formula is C14H19BrClN. The first kappa shape index (κ1) is 13.4. The molecule has 1 fully saturated rings. The molecule has 1 saturated carbocycles. The predicted octanol–water partition coefficient (Wildman–Crippen LogP) is 4.94. The number of hydrogen-bond acceptors (Lipinski definition) is 1. The van der Waals surface area contributed by atoms with Gasteiger partial charge in [0.15, 0.2) is 0 Å². The average Bonchev–Trinajstić information content (AvgIpc) is 2.19. The number of benzene rings is 1. The fourth-order valence-corrected chi connectivity index (χ4v) is 3.27. The van der Waals surface area contributed by atoms with E-state index in [0.717, 1.165) is 22.0 Å². The molecule has 2 rings (SSSR count). The van der Waals surface area contributed by atoms with E-state index in [1.807, 2.05) is 6.07 Å². The van der Waals surface area contributed by atoms with E-state index < -0.39 is 0 Å². The first-order chi connectivity index (χ1) is 8.20. The molecule has 1 N–H and O–H groups in total. The summed E-state index contributed by atoms with van der Waals surface area (Å²) < 4.78 is 1.07. The van der Waals surface area contributed by atoms with Crippen LogP contribution in [0.4, 0.5) is 0 Å². The average molecular weight is 317 g/mol. The van der Waals surface area contributed by atoms with Gasteiger partial charge in [0, 0.05) is 15.5 Å². The molecule has 0 bridgehead atoms. The van der Waals surface area contributed by atoms with Gasteiger partial charge in [0.2, 0.25) is 0 Å². The Kier molecular flexibility index (Phi) is 4.89. The van der Waals surface area contributed by atoms with Gasteiger partial charge in [0.05, 0.1) is 0 Å². The molecule has 1 unspecified atom stereocenters. The fraction of sp³-hybridized carbons (Fsp3) is 0.571. The first-order valence-corrected chi connectivity index (χ1v) is 7.57. The highest BCUT2D eigenvalue weighted by Gasteiger charge is 2.28. The second kappa shape index (κ2) is 6.21. The molecule has 3 heteroatoms. The van der Waals surface area contributed by atoms with Crippen molar-refractivity contribution in [3.05, 3.63) is 33.3 Å². The maximum atomic E-state index is 6.14. The van der Waals surface area contributed by atoms with Crippen LogP contribution >= 0.6 is 27.5 Å². The van der Waals surface area contributed by atoms with Crippen molar-refractivity contribution in [2.45, 2.75) is 38.6 Å². The molecule has 1 atom stereocenters. The summed E-state index contributed by atoms with van der Waals surface area (Å²) in [5.74, 6) is 0.784. The van der Waals surface area contributed by atoms with E-state index in [2.05, 4.69) is 40.3 Å². The van der Waals surface area contributed by atoms with E-state index in [1.54, 1.807) is 0 Å². The molecule has 1 aliphatic carbocycles. The molecule has 94 valence electrons. The summed E-state index contributed by atoms with van der Waals surface area (Å²) in [4.78, 5) is 0. The standard InChI is InChI=1S/C14H19BrClN/c1-2-6-17-14(10-4-3-5-10)11-7-12(15)9-13(16)8-11/h7-10,14,17H,2-6H2,1H3. The van der Waals surface area contributed by atoms with Crippen molar-refractivity contribution in [3.8, 4) is 0 Å². The van der Waals surface area contributed by atoms with Crippen molar-refractivity contribution in [1.82, 2.24) is 5.32 Å². The molecule has 1 aromatic carbocycles. The number of hydrogen-bond donors (Lipinski definition) is 1. The van der Waals surface area contributed by atoms with E-state index in [1.165, 1.54) is 31.2 Å². The summed E-state index contributed by atoms with van der Waals surface area (Å²) in [5, 5.41) is 4.48. The Balaban J connectivity index is 2.17. The highest BCUT2D eigenvalue weighted by Crippen LogP contribution is 2.39. The third-order valence-corrected chi connectivity index (χ3v) is 4.16. The lowest BCUT2D eigenvalue weighted by atomic mass is 9.77. The molecule has 0 radical (unpaired) electrons. The maximum Gasteiger partial charge on any atom is 0.0420 e. The zero-order valence-corrected chi connectivity index (χ0v) is 12.5. The van der Waals surface area contributed by atoms with Crippen LogP contribution in [0, 0.1) is 5.92 Å². The predicted molar refractivity (Wildman–Crippen MR) is 77.5 cm³/mol. The van der Waals surface area contributed by atoms with E-state index in [0.29, 0.717) is 6.04 Å². The highest BCUT2D eigenvalue weighted by molar-refractivity contribution is 9.10. The molecule has 17 heavy (non-hydrogen) atoms. The maximum absolute atomic E-state index is 6.14. The van der Waals surface area contributed by atoms with Gasteiger partial charge in [-0.2, -0.15) is 0 Å². The Bertz CT molecular complexity index is 356. The lowest BCUT2D eigenvalue weighted by Gasteiger charge is -2.35. The van der Waals surface area contributed by atoms with Crippen LogP contribution in [0.1, 0.15) is 44.2 Å². The van der Waals surface area contributed by atoms with Crippen LogP contribution in [0.5, 0.6) is 0 Å². The fourth-order valence-electron chi connectivity index (χ4n) is 2.38. The lowest BCUT2D eigenvalue weighted by Crippen LogP contribution is -2.32. The van der Waals surface area contributed by atoms with Gasteiger partial charge < -0.3 is 5.32 Å². The number of rotatable bonds is 5. The van der Waals surface area contributed by atoms with E-state index in [9.17, 15) is 0 Å². The van der Waals surface area contributed by atoms with E-state index >= 15 is 0 Å². The van der Waals surface area contributed by atoms with Crippen LogP contribution in [0.15, 0.2) is 22.7 Å². The van der Waals surface area contributed by atoms with Gasteiger partial charge >= 0.3 is 0 Å². The quantitative estimate of drug-likeness (QED) is 0.811. The van der Waals surface area contributed by atoms with Crippen LogP contribution in [0.25, 0.3) is 0 Å². The Morgan fingerprint density at radius 1 is 1.41 bits per heavy atom. The topological polar surface area (TPSA) is 12.0 Å². The third-order valence-electron chi connectivity index (χ3n) is 3.48. The summed E-state index contributed by atoms with van der Waals surface area (Å²) in [6, 6.07) is 6.71. The first-order valence-electron chi connectivity index (χ1n) is 6.40. The largest absolute Gasteiger partial charge is 0.310 e. The summed E-state index contributed by atoms with van der Waals surface area (Å²) in [6.07, 6.45) is 5.22. The second-order valence-electron chi connectivity index (χ2n) is 4.83.